The summed E-state index contributed by atoms with van der Waals surface area (Å²) in [5.74, 6) is 0.0535. The maximum Gasteiger partial charge on any atom is 0.255 e. The van der Waals surface area contributed by atoms with Gasteiger partial charge in [-0.25, -0.2) is 0 Å². The highest BCUT2D eigenvalue weighted by atomic mass is 35.5. The Morgan fingerprint density at radius 2 is 2.28 bits per heavy atom. The molecule has 0 aliphatic heterocycles. The van der Waals surface area contributed by atoms with Crippen LogP contribution in [0.5, 0.6) is 11.5 Å². The lowest BCUT2D eigenvalue weighted by Crippen LogP contribution is -2.20. The van der Waals surface area contributed by atoms with E-state index in [-0.39, 0.29) is 19.0 Å². The second-order valence-electron chi connectivity index (χ2n) is 3.37. The molecule has 0 fully saturated rings. The molecule has 0 saturated heterocycles. The molecule has 0 saturated carbocycles. The van der Waals surface area contributed by atoms with E-state index in [1.165, 1.54) is 7.11 Å². The molecule has 0 heterocycles. The smallest absolute Gasteiger partial charge is 0.255 e. The number of amides is 1. The number of hydrogen-bond donors (Lipinski definition) is 2. The first kappa shape index (κ1) is 14.3. The number of aliphatic hydroxyl groups is 1. The van der Waals surface area contributed by atoms with Crippen LogP contribution < -0.4 is 15.2 Å². The van der Waals surface area contributed by atoms with Crippen molar-refractivity contribution in [2.45, 2.75) is 0 Å². The number of methoxy groups -OCH3 is 1. The van der Waals surface area contributed by atoms with Gasteiger partial charge < -0.3 is 20.3 Å². The van der Waals surface area contributed by atoms with Gasteiger partial charge in [-0.1, -0.05) is 23.8 Å². The minimum atomic E-state index is -0.600. The molecular weight excluding hydrogens is 258 g/mol. The molecule has 98 valence electrons. The lowest BCUT2D eigenvalue weighted by Gasteiger charge is -2.12. The molecule has 0 spiro atoms. The van der Waals surface area contributed by atoms with Crippen LogP contribution in [0, 0.1) is 0 Å². The zero-order valence-corrected chi connectivity index (χ0v) is 10.6. The monoisotopic (exact) mass is 271 g/mol. The summed E-state index contributed by atoms with van der Waals surface area (Å²) in [5, 5.41) is 9.00. The number of nitrogens with two attached hydrogens (primary N) is 1. The number of halogens is 1. The molecule has 0 aliphatic carbocycles. The van der Waals surface area contributed by atoms with E-state index in [0.29, 0.717) is 10.8 Å². The van der Waals surface area contributed by atoms with Gasteiger partial charge in [0.25, 0.3) is 5.91 Å². The van der Waals surface area contributed by atoms with Crippen molar-refractivity contribution in [2.75, 3.05) is 20.3 Å². The summed E-state index contributed by atoms with van der Waals surface area (Å²) >= 11 is 6.02. The average Bonchev–Trinajstić information content (AvgIpc) is 2.34. The zero-order chi connectivity index (χ0) is 13.5. The van der Waals surface area contributed by atoms with Gasteiger partial charge in [-0.15, -0.1) is 0 Å². The van der Waals surface area contributed by atoms with E-state index >= 15 is 0 Å². The number of primary amides is 1. The SMILES string of the molecule is COc1cc(C=CCO)cc(Cl)c1OCC(N)=O. The molecular formula is C12H14ClNO4. The average molecular weight is 272 g/mol. The molecule has 1 aromatic carbocycles. The van der Waals surface area contributed by atoms with Gasteiger partial charge in [-0.2, -0.15) is 0 Å². The number of aliphatic hydroxyl groups excluding tert-OH is 1. The summed E-state index contributed by atoms with van der Waals surface area (Å²) in [4.78, 5) is 10.7. The largest absolute Gasteiger partial charge is 0.493 e. The zero-order valence-electron chi connectivity index (χ0n) is 9.85. The number of carbonyl (C=O) groups is 1. The van der Waals surface area contributed by atoms with E-state index in [9.17, 15) is 4.79 Å². The standard InChI is InChI=1S/C12H14ClNO4/c1-17-10-6-8(3-2-4-15)5-9(13)12(10)18-7-11(14)16/h2-3,5-6,15H,4,7H2,1H3,(H2,14,16). The summed E-state index contributed by atoms with van der Waals surface area (Å²) in [7, 11) is 1.46. The normalized spacial score (nSPS) is 10.6. The van der Waals surface area contributed by atoms with E-state index in [1.807, 2.05) is 0 Å². The molecule has 0 aliphatic rings. The van der Waals surface area contributed by atoms with E-state index < -0.39 is 5.91 Å². The van der Waals surface area contributed by atoms with Crippen molar-refractivity contribution in [3.05, 3.63) is 28.8 Å². The minimum Gasteiger partial charge on any atom is -0.493 e. The highest BCUT2D eigenvalue weighted by Crippen LogP contribution is 2.36. The molecule has 0 radical (unpaired) electrons. The van der Waals surface area contributed by atoms with Crippen LogP contribution in [-0.4, -0.2) is 31.3 Å². The van der Waals surface area contributed by atoms with Crippen molar-refractivity contribution in [1.82, 2.24) is 0 Å². The van der Waals surface area contributed by atoms with E-state index in [2.05, 4.69) is 0 Å². The molecule has 3 N–H and O–H groups in total. The Labute approximate surface area is 110 Å². The maximum absolute atomic E-state index is 10.7. The molecule has 6 heteroatoms. The Morgan fingerprint density at radius 1 is 1.56 bits per heavy atom. The fourth-order valence-electron chi connectivity index (χ4n) is 1.31. The second-order valence-corrected chi connectivity index (χ2v) is 3.78. The number of benzene rings is 1. The third kappa shape index (κ3) is 3.94. The molecule has 5 nitrogen and oxygen atoms in total. The maximum atomic E-state index is 10.7. The van der Waals surface area contributed by atoms with Gasteiger partial charge in [0.15, 0.2) is 18.1 Å². The molecule has 1 amide bonds. The first-order valence-corrected chi connectivity index (χ1v) is 5.52. The first-order valence-electron chi connectivity index (χ1n) is 5.14. The molecule has 1 rings (SSSR count). The Hall–Kier alpha value is -1.72. The van der Waals surface area contributed by atoms with E-state index in [1.54, 1.807) is 24.3 Å². The second kappa shape index (κ2) is 6.88. The van der Waals surface area contributed by atoms with Gasteiger partial charge >= 0.3 is 0 Å². The summed E-state index contributed by atoms with van der Waals surface area (Å²) in [6, 6.07) is 3.31. The van der Waals surface area contributed by atoms with Crippen LogP contribution in [0.15, 0.2) is 18.2 Å². The van der Waals surface area contributed by atoms with Crippen molar-refractivity contribution in [3.63, 3.8) is 0 Å². The lowest BCUT2D eigenvalue weighted by atomic mass is 10.2. The van der Waals surface area contributed by atoms with Crippen LogP contribution in [0.25, 0.3) is 6.08 Å². The van der Waals surface area contributed by atoms with Crippen molar-refractivity contribution in [3.8, 4) is 11.5 Å². The Morgan fingerprint density at radius 3 is 2.83 bits per heavy atom. The lowest BCUT2D eigenvalue weighted by molar-refractivity contribution is -0.119. The Kier molecular flexibility index (Phi) is 5.48. The molecule has 0 bridgehead atoms. The summed E-state index contributed by atoms with van der Waals surface area (Å²) in [6.45, 7) is -0.345. The fourth-order valence-corrected chi connectivity index (χ4v) is 1.58. The number of carbonyl (C=O) groups excluding carboxylic acids is 1. The van der Waals surface area contributed by atoms with Crippen LogP contribution in [0.4, 0.5) is 0 Å². The van der Waals surface area contributed by atoms with Crippen LogP contribution in [0.2, 0.25) is 5.02 Å². The molecule has 0 atom stereocenters. The highest BCUT2D eigenvalue weighted by molar-refractivity contribution is 6.32. The predicted octanol–water partition coefficient (Wildman–Crippen LogP) is 1.22. The van der Waals surface area contributed by atoms with Gasteiger partial charge in [-0.3, -0.25) is 4.79 Å². The summed E-state index contributed by atoms with van der Waals surface area (Å²) in [5.41, 5.74) is 5.74. The third-order valence-corrected chi connectivity index (χ3v) is 2.31. The van der Waals surface area contributed by atoms with E-state index in [0.717, 1.165) is 5.56 Å². The molecule has 18 heavy (non-hydrogen) atoms. The molecule has 0 aromatic heterocycles. The molecule has 1 aromatic rings. The minimum absolute atomic E-state index is 0.0696. The van der Waals surface area contributed by atoms with Gasteiger partial charge in [0, 0.05) is 0 Å². The van der Waals surface area contributed by atoms with Gasteiger partial charge in [0.05, 0.1) is 18.7 Å². The Bertz CT molecular complexity index is 460. The summed E-state index contributed by atoms with van der Waals surface area (Å²) in [6.07, 6.45) is 3.25. The topological polar surface area (TPSA) is 81.8 Å². The first-order chi connectivity index (χ1) is 8.58. The van der Waals surface area contributed by atoms with Crippen molar-refractivity contribution < 1.29 is 19.4 Å². The van der Waals surface area contributed by atoms with Gasteiger partial charge in [0.1, 0.15) is 0 Å². The number of rotatable bonds is 6. The number of hydrogen-bond acceptors (Lipinski definition) is 4. The van der Waals surface area contributed by atoms with Crippen molar-refractivity contribution in [2.24, 2.45) is 5.73 Å². The third-order valence-electron chi connectivity index (χ3n) is 2.03. The van der Waals surface area contributed by atoms with Crippen LogP contribution in [0.1, 0.15) is 5.56 Å². The van der Waals surface area contributed by atoms with E-state index in [4.69, 9.17) is 31.9 Å². The van der Waals surface area contributed by atoms with Crippen molar-refractivity contribution >= 4 is 23.6 Å². The summed E-state index contributed by atoms with van der Waals surface area (Å²) < 4.78 is 10.3. The molecule has 0 unspecified atom stereocenters. The highest BCUT2D eigenvalue weighted by Gasteiger charge is 2.12. The fraction of sp³-hybridized carbons (Fsp3) is 0.250. The number of ether oxygens (including phenoxy) is 2. The van der Waals surface area contributed by atoms with Crippen LogP contribution >= 0.6 is 11.6 Å². The van der Waals surface area contributed by atoms with Gasteiger partial charge in [0.2, 0.25) is 0 Å². The van der Waals surface area contributed by atoms with Crippen LogP contribution in [-0.2, 0) is 4.79 Å². The quantitative estimate of drug-likeness (QED) is 0.815. The Balaban J connectivity index is 3.03. The van der Waals surface area contributed by atoms with Gasteiger partial charge in [-0.05, 0) is 17.7 Å². The van der Waals surface area contributed by atoms with Crippen molar-refractivity contribution in [1.29, 1.82) is 0 Å². The predicted molar refractivity (Wildman–Crippen MR) is 68.8 cm³/mol. The van der Waals surface area contributed by atoms with Crippen LogP contribution in [0.3, 0.4) is 0 Å².